The molecule has 2 atom stereocenters. The highest BCUT2D eigenvalue weighted by Gasteiger charge is 2.38. The lowest BCUT2D eigenvalue weighted by Crippen LogP contribution is -2.38. The molecule has 2 nitrogen and oxygen atoms in total. The number of hydrogen-bond donors (Lipinski definition) is 1. The fourth-order valence-corrected chi connectivity index (χ4v) is 4.38. The first kappa shape index (κ1) is 20.1. The Morgan fingerprint density at radius 1 is 0.920 bits per heavy atom. The van der Waals surface area contributed by atoms with E-state index in [1.54, 1.807) is 5.56 Å². The van der Waals surface area contributed by atoms with Gasteiger partial charge in [0.25, 0.3) is 0 Å². The molecule has 0 bridgehead atoms. The monoisotopic (exact) mass is 378 g/mol. The van der Waals surface area contributed by atoms with Crippen LogP contribution in [-0.4, -0.2) is 19.1 Å². The highest BCUT2D eigenvalue weighted by Crippen LogP contribution is 2.45. The van der Waals surface area contributed by atoms with Crippen LogP contribution in [-0.2, 0) is 6.54 Å². The molecule has 1 fully saturated rings. The number of nitrogens with zero attached hydrogens (tertiary/aromatic N) is 1. The average Bonchev–Trinajstić information content (AvgIpc) is 2.94. The molecule has 0 spiro atoms. The number of para-hydroxylation sites is 1. The van der Waals surface area contributed by atoms with Crippen LogP contribution in [0.1, 0.15) is 42.7 Å². The predicted octanol–water partition coefficient (Wildman–Crippen LogP) is 5.17. The first-order valence-corrected chi connectivity index (χ1v) is 9.04. The third-order valence-corrected chi connectivity index (χ3v) is 5.46. The molecule has 2 heterocycles. The average molecular weight is 379 g/mol. The minimum atomic E-state index is 0. The van der Waals surface area contributed by atoms with Gasteiger partial charge in [-0.15, -0.1) is 24.8 Å². The minimum Gasteiger partial charge on any atom is -0.368 e. The van der Waals surface area contributed by atoms with Crippen molar-refractivity contribution in [2.75, 3.05) is 18.0 Å². The summed E-state index contributed by atoms with van der Waals surface area (Å²) in [6.07, 6.45) is 5.34. The summed E-state index contributed by atoms with van der Waals surface area (Å²) in [5.74, 6) is 0.703. The van der Waals surface area contributed by atoms with Crippen LogP contribution >= 0.6 is 24.8 Å². The van der Waals surface area contributed by atoms with E-state index in [4.69, 9.17) is 0 Å². The van der Waals surface area contributed by atoms with Crippen LogP contribution in [0.2, 0.25) is 0 Å². The van der Waals surface area contributed by atoms with Crippen LogP contribution in [0.15, 0.2) is 54.6 Å². The quantitative estimate of drug-likeness (QED) is 0.722. The van der Waals surface area contributed by atoms with Gasteiger partial charge in [0, 0.05) is 30.7 Å². The Bertz CT molecular complexity index is 647. The lowest BCUT2D eigenvalue weighted by atomic mass is 9.87. The zero-order valence-corrected chi connectivity index (χ0v) is 16.2. The standard InChI is InChI=1S/C21H26N2.2ClH/c1-2-8-17(9-3-1)16-22-14-13-19-18-10-4-5-11-20(18)23-15-7-6-12-21(19)23;;/h1-5,8-11,19,21-22H,6-7,12-16H2;2*1H. The Labute approximate surface area is 163 Å². The van der Waals surface area contributed by atoms with Crippen molar-refractivity contribution in [3.63, 3.8) is 0 Å². The topological polar surface area (TPSA) is 15.3 Å². The van der Waals surface area contributed by atoms with E-state index in [2.05, 4.69) is 64.8 Å². The summed E-state index contributed by atoms with van der Waals surface area (Å²) < 4.78 is 0. The summed E-state index contributed by atoms with van der Waals surface area (Å²) >= 11 is 0. The molecule has 2 aliphatic heterocycles. The maximum Gasteiger partial charge on any atom is 0.0405 e. The maximum absolute atomic E-state index is 3.64. The zero-order chi connectivity index (χ0) is 15.5. The molecule has 0 aromatic heterocycles. The van der Waals surface area contributed by atoms with Crippen molar-refractivity contribution in [2.45, 2.75) is 44.2 Å². The molecular weight excluding hydrogens is 351 g/mol. The molecule has 1 N–H and O–H groups in total. The first-order chi connectivity index (χ1) is 11.4. The summed E-state index contributed by atoms with van der Waals surface area (Å²) in [7, 11) is 0. The molecule has 2 aromatic carbocycles. The van der Waals surface area contributed by atoms with Gasteiger partial charge in [0.1, 0.15) is 0 Å². The van der Waals surface area contributed by atoms with Crippen LogP contribution in [0, 0.1) is 0 Å². The molecule has 0 amide bonds. The summed E-state index contributed by atoms with van der Waals surface area (Å²) in [5, 5.41) is 3.64. The molecule has 0 aliphatic carbocycles. The van der Waals surface area contributed by atoms with Crippen molar-refractivity contribution in [3.8, 4) is 0 Å². The molecule has 1 saturated heterocycles. The second kappa shape index (κ2) is 9.47. The fraction of sp³-hybridized carbons (Fsp3) is 0.429. The van der Waals surface area contributed by atoms with Crippen molar-refractivity contribution in [1.29, 1.82) is 0 Å². The van der Waals surface area contributed by atoms with E-state index >= 15 is 0 Å². The van der Waals surface area contributed by atoms with Gasteiger partial charge in [-0.05, 0) is 49.4 Å². The molecule has 2 aromatic rings. The minimum absolute atomic E-state index is 0. The number of halogens is 2. The Morgan fingerprint density at radius 2 is 1.68 bits per heavy atom. The number of anilines is 1. The van der Waals surface area contributed by atoms with Crippen molar-refractivity contribution >= 4 is 30.5 Å². The maximum atomic E-state index is 3.64. The Balaban J connectivity index is 0.00000113. The van der Waals surface area contributed by atoms with Gasteiger partial charge >= 0.3 is 0 Å². The zero-order valence-electron chi connectivity index (χ0n) is 14.6. The van der Waals surface area contributed by atoms with Gasteiger partial charge in [0.05, 0.1) is 0 Å². The predicted molar refractivity (Wildman–Crippen MR) is 111 cm³/mol. The summed E-state index contributed by atoms with van der Waals surface area (Å²) in [5.41, 5.74) is 4.46. The van der Waals surface area contributed by atoms with Crippen molar-refractivity contribution in [2.24, 2.45) is 0 Å². The lowest BCUT2D eigenvalue weighted by molar-refractivity contribution is 0.406. The first-order valence-electron chi connectivity index (χ1n) is 9.04. The van der Waals surface area contributed by atoms with Crippen LogP contribution in [0.5, 0.6) is 0 Å². The lowest BCUT2D eigenvalue weighted by Gasteiger charge is -2.34. The molecule has 2 unspecified atom stereocenters. The number of rotatable bonds is 5. The van der Waals surface area contributed by atoms with Crippen LogP contribution in [0.3, 0.4) is 0 Å². The summed E-state index contributed by atoms with van der Waals surface area (Å²) in [6.45, 7) is 3.32. The third-order valence-electron chi connectivity index (χ3n) is 5.46. The smallest absolute Gasteiger partial charge is 0.0405 e. The SMILES string of the molecule is Cl.Cl.c1ccc(CNCCC2c3ccccc3N3CCCCC23)cc1. The number of benzene rings is 2. The molecule has 4 heteroatoms. The Kier molecular flexibility index (Phi) is 7.61. The number of hydrogen-bond acceptors (Lipinski definition) is 2. The highest BCUT2D eigenvalue weighted by molar-refractivity contribution is 5.85. The summed E-state index contributed by atoms with van der Waals surface area (Å²) in [6, 6.07) is 20.5. The Morgan fingerprint density at radius 3 is 2.52 bits per heavy atom. The molecule has 136 valence electrons. The molecule has 0 saturated carbocycles. The van der Waals surface area contributed by atoms with E-state index in [9.17, 15) is 0 Å². The van der Waals surface area contributed by atoms with E-state index < -0.39 is 0 Å². The number of fused-ring (bicyclic) bond motifs is 3. The van der Waals surface area contributed by atoms with E-state index in [0.29, 0.717) is 5.92 Å². The van der Waals surface area contributed by atoms with Crippen LogP contribution in [0.4, 0.5) is 5.69 Å². The van der Waals surface area contributed by atoms with Gasteiger partial charge in [-0.1, -0.05) is 48.5 Å². The van der Waals surface area contributed by atoms with Crippen molar-refractivity contribution in [3.05, 3.63) is 65.7 Å². The van der Waals surface area contributed by atoms with Gasteiger partial charge in [-0.3, -0.25) is 0 Å². The van der Waals surface area contributed by atoms with Crippen molar-refractivity contribution in [1.82, 2.24) is 5.32 Å². The van der Waals surface area contributed by atoms with Crippen LogP contribution < -0.4 is 10.2 Å². The Hall–Kier alpha value is -1.22. The van der Waals surface area contributed by atoms with Gasteiger partial charge < -0.3 is 10.2 Å². The third kappa shape index (κ3) is 4.31. The number of nitrogens with one attached hydrogen (secondary N) is 1. The molecule has 0 radical (unpaired) electrons. The molecule has 2 aliphatic rings. The van der Waals surface area contributed by atoms with Crippen LogP contribution in [0.25, 0.3) is 0 Å². The largest absolute Gasteiger partial charge is 0.368 e. The van der Waals surface area contributed by atoms with Gasteiger partial charge in [-0.2, -0.15) is 0 Å². The van der Waals surface area contributed by atoms with E-state index in [1.165, 1.54) is 43.5 Å². The van der Waals surface area contributed by atoms with Gasteiger partial charge in [0.2, 0.25) is 0 Å². The number of piperidine rings is 1. The summed E-state index contributed by atoms with van der Waals surface area (Å²) in [4.78, 5) is 2.68. The second-order valence-corrected chi connectivity index (χ2v) is 6.87. The van der Waals surface area contributed by atoms with E-state index in [-0.39, 0.29) is 24.8 Å². The van der Waals surface area contributed by atoms with E-state index in [1.807, 2.05) is 0 Å². The van der Waals surface area contributed by atoms with Crippen molar-refractivity contribution < 1.29 is 0 Å². The van der Waals surface area contributed by atoms with E-state index in [0.717, 1.165) is 19.1 Å². The van der Waals surface area contributed by atoms with Gasteiger partial charge in [0.15, 0.2) is 0 Å². The van der Waals surface area contributed by atoms with Gasteiger partial charge in [-0.25, -0.2) is 0 Å². The molecule has 25 heavy (non-hydrogen) atoms. The molecule has 4 rings (SSSR count). The normalized spacial score (nSPS) is 20.9. The molecular formula is C21H28Cl2N2. The second-order valence-electron chi connectivity index (χ2n) is 6.87. The fourth-order valence-electron chi connectivity index (χ4n) is 4.38. The highest BCUT2D eigenvalue weighted by atomic mass is 35.5.